The summed E-state index contributed by atoms with van der Waals surface area (Å²) in [6.45, 7) is 8.54. The van der Waals surface area contributed by atoms with Crippen molar-refractivity contribution in [2.75, 3.05) is 18.2 Å². The van der Waals surface area contributed by atoms with Gasteiger partial charge in [-0.1, -0.05) is 43.9 Å². The van der Waals surface area contributed by atoms with Crippen molar-refractivity contribution >= 4 is 56.4 Å². The summed E-state index contributed by atoms with van der Waals surface area (Å²) in [6, 6.07) is 0. The maximum absolute atomic E-state index is 12.8. The van der Waals surface area contributed by atoms with E-state index in [1.807, 2.05) is 0 Å². The van der Waals surface area contributed by atoms with Crippen molar-refractivity contribution in [1.29, 1.82) is 0 Å². The largest absolute Gasteiger partial charge is 0.465 e. The molecule has 0 saturated carbocycles. The lowest BCUT2D eigenvalue weighted by Gasteiger charge is -2.33. The fraction of sp³-hybridized carbons (Fsp3) is 0.579. The number of amides is 1. The number of thiophene rings is 1. The molecule has 0 saturated heterocycles. The molecule has 3 N–H and O–H groups in total. The zero-order chi connectivity index (χ0) is 21.3. The molecule has 2 atom stereocenters. The predicted octanol–water partition coefficient (Wildman–Crippen LogP) is 4.24. The van der Waals surface area contributed by atoms with Crippen LogP contribution < -0.4 is 11.1 Å². The Morgan fingerprint density at radius 3 is 2.62 bits per heavy atom. The smallest absolute Gasteiger partial charge is 0.341 e. The van der Waals surface area contributed by atoms with E-state index in [9.17, 15) is 9.59 Å². The Labute approximate surface area is 182 Å². The van der Waals surface area contributed by atoms with Crippen molar-refractivity contribution < 1.29 is 14.3 Å². The number of nitrogens with zero attached hydrogens (tertiary/aromatic N) is 2. The molecule has 3 rings (SSSR count). The SMILES string of the molecule is COC(=O)c1c(NC(=O)C(C)Sc2nnc(N)s2)sc2c1CCC(C(C)(C)C)C2. The van der Waals surface area contributed by atoms with Gasteiger partial charge in [-0.3, -0.25) is 4.79 Å². The van der Waals surface area contributed by atoms with Gasteiger partial charge < -0.3 is 15.8 Å². The molecule has 10 heteroatoms. The molecule has 2 aromatic heterocycles. The molecule has 2 heterocycles. The number of anilines is 2. The van der Waals surface area contributed by atoms with Crippen molar-refractivity contribution in [2.45, 2.75) is 56.5 Å². The number of rotatable bonds is 5. The minimum atomic E-state index is -0.408. The summed E-state index contributed by atoms with van der Waals surface area (Å²) in [6.07, 6.45) is 2.76. The maximum atomic E-state index is 12.8. The Bertz CT molecular complexity index is 916. The molecule has 2 aromatic rings. The van der Waals surface area contributed by atoms with E-state index in [1.54, 1.807) is 6.92 Å². The van der Waals surface area contributed by atoms with E-state index in [-0.39, 0.29) is 11.3 Å². The zero-order valence-corrected chi connectivity index (χ0v) is 19.6. The minimum Gasteiger partial charge on any atom is -0.465 e. The van der Waals surface area contributed by atoms with Crippen LogP contribution in [0.25, 0.3) is 0 Å². The zero-order valence-electron chi connectivity index (χ0n) is 17.2. The Hall–Kier alpha value is -1.65. The summed E-state index contributed by atoms with van der Waals surface area (Å²) < 4.78 is 5.65. The molecule has 1 aliphatic rings. The van der Waals surface area contributed by atoms with E-state index in [2.05, 4.69) is 36.3 Å². The Morgan fingerprint density at radius 2 is 2.03 bits per heavy atom. The molecule has 0 radical (unpaired) electrons. The first-order chi connectivity index (χ1) is 13.6. The second kappa shape index (κ2) is 8.61. The van der Waals surface area contributed by atoms with E-state index in [4.69, 9.17) is 10.5 Å². The van der Waals surface area contributed by atoms with Gasteiger partial charge in [0.15, 0.2) is 4.34 Å². The molecule has 0 fully saturated rings. The van der Waals surface area contributed by atoms with Gasteiger partial charge in [0.2, 0.25) is 11.0 Å². The lowest BCUT2D eigenvalue weighted by Crippen LogP contribution is -2.26. The number of esters is 1. The predicted molar refractivity (Wildman–Crippen MR) is 119 cm³/mol. The number of nitrogens with two attached hydrogens (primary N) is 1. The number of methoxy groups -OCH3 is 1. The van der Waals surface area contributed by atoms with Gasteiger partial charge in [0, 0.05) is 4.88 Å². The van der Waals surface area contributed by atoms with Crippen LogP contribution >= 0.6 is 34.4 Å². The van der Waals surface area contributed by atoms with Crippen molar-refractivity contribution in [3.8, 4) is 0 Å². The first-order valence-corrected chi connectivity index (χ1v) is 11.9. The van der Waals surface area contributed by atoms with Gasteiger partial charge in [-0.25, -0.2) is 4.79 Å². The number of fused-ring (bicyclic) bond motifs is 1. The fourth-order valence-electron chi connectivity index (χ4n) is 3.42. The molecular formula is C19H26N4O3S3. The highest BCUT2D eigenvalue weighted by Crippen LogP contribution is 2.44. The van der Waals surface area contributed by atoms with E-state index in [0.29, 0.717) is 26.0 Å². The molecule has 1 aliphatic carbocycles. The Balaban J connectivity index is 1.82. The van der Waals surface area contributed by atoms with E-state index < -0.39 is 11.2 Å². The summed E-state index contributed by atoms with van der Waals surface area (Å²) in [5, 5.41) is 11.2. The first-order valence-electron chi connectivity index (χ1n) is 9.39. The number of carbonyl (C=O) groups excluding carboxylic acids is 2. The molecule has 2 unspecified atom stereocenters. The van der Waals surface area contributed by atoms with Gasteiger partial charge >= 0.3 is 5.97 Å². The van der Waals surface area contributed by atoms with Gasteiger partial charge in [0.25, 0.3) is 0 Å². The van der Waals surface area contributed by atoms with E-state index in [1.165, 1.54) is 46.4 Å². The topological polar surface area (TPSA) is 107 Å². The molecule has 7 nitrogen and oxygen atoms in total. The van der Waals surface area contributed by atoms with Crippen molar-refractivity contribution in [1.82, 2.24) is 10.2 Å². The number of carbonyl (C=O) groups is 2. The number of nitrogen functional groups attached to an aromatic ring is 1. The Morgan fingerprint density at radius 1 is 1.31 bits per heavy atom. The third-order valence-electron chi connectivity index (χ3n) is 5.19. The molecule has 0 aromatic carbocycles. The average Bonchev–Trinajstić information content (AvgIpc) is 3.22. The second-order valence-electron chi connectivity index (χ2n) is 8.16. The standard InChI is InChI=1S/C19H26N4O3S3/c1-9(27-18-23-22-17(20)29-18)14(24)21-15-13(16(25)26-5)11-7-6-10(19(2,3)4)8-12(11)28-15/h9-10H,6-8H2,1-5H3,(H2,20,22)(H,21,24). The highest BCUT2D eigenvalue weighted by molar-refractivity contribution is 8.02. The Kier molecular flexibility index (Phi) is 6.54. The minimum absolute atomic E-state index is 0.195. The van der Waals surface area contributed by atoms with Gasteiger partial charge in [-0.05, 0) is 43.1 Å². The van der Waals surface area contributed by atoms with E-state index >= 15 is 0 Å². The maximum Gasteiger partial charge on any atom is 0.341 e. The second-order valence-corrected chi connectivity index (χ2v) is 11.9. The number of nitrogens with one attached hydrogen (secondary N) is 1. The van der Waals surface area contributed by atoms with Crippen molar-refractivity contribution in [3.63, 3.8) is 0 Å². The highest BCUT2D eigenvalue weighted by atomic mass is 32.2. The lowest BCUT2D eigenvalue weighted by atomic mass is 9.72. The van der Waals surface area contributed by atoms with Crippen LogP contribution in [-0.4, -0.2) is 34.4 Å². The third-order valence-corrected chi connectivity index (χ3v) is 8.29. The van der Waals surface area contributed by atoms with Gasteiger partial charge in [-0.2, -0.15) is 0 Å². The molecule has 0 spiro atoms. The normalized spacial score (nSPS) is 17.5. The molecular weight excluding hydrogens is 428 g/mol. The summed E-state index contributed by atoms with van der Waals surface area (Å²) in [5.41, 5.74) is 7.33. The van der Waals surface area contributed by atoms with Crippen LogP contribution in [-0.2, 0) is 22.4 Å². The van der Waals surface area contributed by atoms with Crippen LogP contribution in [0.4, 0.5) is 10.1 Å². The van der Waals surface area contributed by atoms with Crippen LogP contribution in [0.2, 0.25) is 0 Å². The van der Waals surface area contributed by atoms with Crippen molar-refractivity contribution in [2.24, 2.45) is 11.3 Å². The van der Waals surface area contributed by atoms with E-state index in [0.717, 1.165) is 24.8 Å². The summed E-state index contributed by atoms with van der Waals surface area (Å²) in [5.74, 6) is -0.0517. The summed E-state index contributed by atoms with van der Waals surface area (Å²) >= 11 is 4.03. The molecule has 1 amide bonds. The summed E-state index contributed by atoms with van der Waals surface area (Å²) in [7, 11) is 1.37. The molecule has 0 bridgehead atoms. The number of aromatic nitrogens is 2. The molecule has 29 heavy (non-hydrogen) atoms. The third kappa shape index (κ3) is 4.92. The van der Waals surface area contributed by atoms with Gasteiger partial charge in [0.1, 0.15) is 5.00 Å². The van der Waals surface area contributed by atoms with Crippen LogP contribution in [0, 0.1) is 11.3 Å². The molecule has 0 aliphatic heterocycles. The lowest BCUT2D eigenvalue weighted by molar-refractivity contribution is -0.115. The number of thioether (sulfide) groups is 1. The summed E-state index contributed by atoms with van der Waals surface area (Å²) in [4.78, 5) is 26.4. The highest BCUT2D eigenvalue weighted by Gasteiger charge is 2.34. The van der Waals surface area contributed by atoms with Crippen LogP contribution in [0.5, 0.6) is 0 Å². The average molecular weight is 455 g/mol. The van der Waals surface area contributed by atoms with Crippen molar-refractivity contribution in [3.05, 3.63) is 16.0 Å². The number of hydrogen-bond donors (Lipinski definition) is 2. The number of hydrogen-bond acceptors (Lipinski definition) is 9. The number of ether oxygens (including phenoxy) is 1. The quantitative estimate of drug-likeness (QED) is 0.514. The van der Waals surface area contributed by atoms with Crippen LogP contribution in [0.15, 0.2) is 4.34 Å². The van der Waals surface area contributed by atoms with Gasteiger partial charge in [-0.15, -0.1) is 21.5 Å². The van der Waals surface area contributed by atoms with Crippen LogP contribution in [0.3, 0.4) is 0 Å². The first kappa shape index (κ1) is 22.0. The fourth-order valence-corrected chi connectivity index (χ4v) is 6.52. The van der Waals surface area contributed by atoms with Crippen LogP contribution in [0.1, 0.15) is 54.9 Å². The monoisotopic (exact) mass is 454 g/mol. The molecule has 158 valence electrons. The van der Waals surface area contributed by atoms with Gasteiger partial charge in [0.05, 0.1) is 17.9 Å².